The first-order valence-corrected chi connectivity index (χ1v) is 12.4. The normalized spacial score (nSPS) is 17.6. The first kappa shape index (κ1) is 26.3. The molecule has 2 aromatic heterocycles. The molecule has 0 unspecified atom stereocenters. The van der Waals surface area contributed by atoms with Crippen LogP contribution in [0.3, 0.4) is 0 Å². The van der Waals surface area contributed by atoms with Gasteiger partial charge in [0.2, 0.25) is 5.91 Å². The number of aromatic nitrogens is 2. The van der Waals surface area contributed by atoms with Gasteiger partial charge >= 0.3 is 12.1 Å². The third-order valence-corrected chi connectivity index (χ3v) is 6.66. The summed E-state index contributed by atoms with van der Waals surface area (Å²) in [5, 5.41) is 16.2. The number of halogens is 1. The van der Waals surface area contributed by atoms with Gasteiger partial charge in [-0.05, 0) is 45.4 Å². The second-order valence-electron chi connectivity index (χ2n) is 10.5. The Kier molecular flexibility index (Phi) is 6.17. The number of nitrogens with one attached hydrogen (secondary N) is 2. The van der Waals surface area contributed by atoms with Crippen molar-refractivity contribution in [2.45, 2.75) is 58.5 Å². The molecule has 0 saturated heterocycles. The highest BCUT2D eigenvalue weighted by Crippen LogP contribution is 2.39. The Morgan fingerprint density at radius 1 is 1.23 bits per heavy atom. The summed E-state index contributed by atoms with van der Waals surface area (Å²) in [6, 6.07) is 5.90. The van der Waals surface area contributed by atoms with Crippen LogP contribution < -0.4 is 16.2 Å². The molecule has 39 heavy (non-hydrogen) atoms. The van der Waals surface area contributed by atoms with Crippen LogP contribution in [0.4, 0.5) is 14.9 Å². The number of aliphatic hydroxyl groups is 1. The Balaban J connectivity index is 1.45. The van der Waals surface area contributed by atoms with Crippen LogP contribution in [0.25, 0.3) is 22.3 Å². The predicted octanol–water partition coefficient (Wildman–Crippen LogP) is 2.68. The Hall–Kier alpha value is -4.32. The van der Waals surface area contributed by atoms with E-state index in [1.807, 2.05) is 0 Å². The summed E-state index contributed by atoms with van der Waals surface area (Å²) in [5.74, 6) is -2.22. The molecule has 12 heteroatoms. The van der Waals surface area contributed by atoms with E-state index in [-0.39, 0.29) is 41.9 Å². The zero-order chi connectivity index (χ0) is 28.3. The van der Waals surface area contributed by atoms with Crippen molar-refractivity contribution in [1.29, 1.82) is 0 Å². The van der Waals surface area contributed by atoms with Crippen molar-refractivity contribution in [2.75, 3.05) is 11.9 Å². The van der Waals surface area contributed by atoms with Crippen LogP contribution in [-0.2, 0) is 37.8 Å². The average Bonchev–Trinajstić information content (AvgIpc) is 3.21. The Labute approximate surface area is 221 Å². The lowest BCUT2D eigenvalue weighted by Crippen LogP contribution is -2.44. The molecule has 2 amide bonds. The number of cyclic esters (lactones) is 1. The van der Waals surface area contributed by atoms with E-state index in [4.69, 9.17) is 9.47 Å². The highest BCUT2D eigenvalue weighted by molar-refractivity contribution is 5.96. The van der Waals surface area contributed by atoms with Crippen molar-refractivity contribution in [1.82, 2.24) is 14.9 Å². The molecule has 0 saturated carbocycles. The average molecular weight is 539 g/mol. The van der Waals surface area contributed by atoms with E-state index in [0.29, 0.717) is 22.3 Å². The SMILES string of the molecule is CC[C@@]1(O)C(=O)OCc2c1cc1n(c2=O)Cc2cc3cc(NC(=O)CNC(=O)OC(C)(C)C)c(F)cc3nc2-1. The Morgan fingerprint density at radius 3 is 2.67 bits per heavy atom. The van der Waals surface area contributed by atoms with Crippen LogP contribution in [0, 0.1) is 5.82 Å². The number of rotatable bonds is 4. The van der Waals surface area contributed by atoms with Crippen LogP contribution in [-0.4, -0.2) is 44.8 Å². The van der Waals surface area contributed by atoms with Crippen molar-refractivity contribution in [3.63, 3.8) is 0 Å². The second-order valence-corrected chi connectivity index (χ2v) is 10.5. The zero-order valence-electron chi connectivity index (χ0n) is 21.8. The van der Waals surface area contributed by atoms with E-state index in [1.165, 1.54) is 10.6 Å². The topological polar surface area (TPSA) is 149 Å². The van der Waals surface area contributed by atoms with Gasteiger partial charge in [0.15, 0.2) is 5.60 Å². The Bertz CT molecular complexity index is 1630. The first-order valence-electron chi connectivity index (χ1n) is 12.4. The van der Waals surface area contributed by atoms with Gasteiger partial charge in [-0.3, -0.25) is 9.59 Å². The summed E-state index contributed by atoms with van der Waals surface area (Å²) in [6.45, 7) is 6.19. The molecule has 4 heterocycles. The van der Waals surface area contributed by atoms with E-state index < -0.39 is 47.1 Å². The molecule has 11 nitrogen and oxygen atoms in total. The number of fused-ring (bicyclic) bond motifs is 5. The fourth-order valence-corrected chi connectivity index (χ4v) is 4.76. The number of anilines is 1. The summed E-state index contributed by atoms with van der Waals surface area (Å²) >= 11 is 0. The molecule has 1 aromatic carbocycles. The summed E-state index contributed by atoms with van der Waals surface area (Å²) in [4.78, 5) is 54.3. The van der Waals surface area contributed by atoms with E-state index >= 15 is 0 Å². The summed E-state index contributed by atoms with van der Waals surface area (Å²) in [7, 11) is 0. The number of hydrogen-bond acceptors (Lipinski definition) is 8. The first-order chi connectivity index (χ1) is 18.3. The third kappa shape index (κ3) is 4.60. The van der Waals surface area contributed by atoms with Gasteiger partial charge in [0.05, 0.1) is 34.7 Å². The third-order valence-electron chi connectivity index (χ3n) is 6.66. The van der Waals surface area contributed by atoms with Gasteiger partial charge in [-0.2, -0.15) is 0 Å². The number of pyridine rings is 2. The number of nitrogens with zero attached hydrogens (tertiary/aromatic N) is 2. The van der Waals surface area contributed by atoms with Crippen molar-refractivity contribution < 1.29 is 33.4 Å². The van der Waals surface area contributed by atoms with Gasteiger partial charge in [0, 0.05) is 22.6 Å². The van der Waals surface area contributed by atoms with Crippen LogP contribution in [0.15, 0.2) is 29.1 Å². The molecule has 0 bridgehead atoms. The van der Waals surface area contributed by atoms with Crippen LogP contribution in [0.1, 0.15) is 50.8 Å². The molecule has 5 rings (SSSR count). The molecule has 2 aliphatic heterocycles. The molecule has 0 spiro atoms. The number of ether oxygens (including phenoxy) is 2. The maximum absolute atomic E-state index is 14.9. The predicted molar refractivity (Wildman–Crippen MR) is 137 cm³/mol. The fraction of sp³-hybridized carbons (Fsp3) is 0.370. The number of carbonyl (C=O) groups is 3. The largest absolute Gasteiger partial charge is 0.458 e. The molecule has 1 atom stereocenters. The van der Waals surface area contributed by atoms with Gasteiger partial charge in [-0.15, -0.1) is 0 Å². The molecule has 3 N–H and O–H groups in total. The molecular formula is C27H27FN4O7. The van der Waals surface area contributed by atoms with E-state index in [0.717, 1.165) is 6.07 Å². The molecule has 3 aromatic rings. The smallest absolute Gasteiger partial charge is 0.408 e. The number of hydrogen-bond donors (Lipinski definition) is 3. The summed E-state index contributed by atoms with van der Waals surface area (Å²) in [5.41, 5.74) is -1.00. The molecule has 0 aliphatic carbocycles. The van der Waals surface area contributed by atoms with Crippen molar-refractivity contribution in [3.8, 4) is 11.4 Å². The molecule has 2 aliphatic rings. The summed E-state index contributed by atoms with van der Waals surface area (Å²) in [6.07, 6.45) is -0.756. The monoisotopic (exact) mass is 538 g/mol. The lowest BCUT2D eigenvalue weighted by Gasteiger charge is -2.31. The second kappa shape index (κ2) is 9.16. The van der Waals surface area contributed by atoms with E-state index in [9.17, 15) is 28.7 Å². The van der Waals surface area contributed by atoms with E-state index in [1.54, 1.807) is 39.8 Å². The molecular weight excluding hydrogens is 511 g/mol. The molecule has 0 fully saturated rings. The highest BCUT2D eigenvalue weighted by atomic mass is 19.1. The summed E-state index contributed by atoms with van der Waals surface area (Å²) < 4.78 is 26.6. The number of alkyl carbamates (subject to hydrolysis) is 1. The number of benzene rings is 1. The van der Waals surface area contributed by atoms with Crippen LogP contribution in [0.2, 0.25) is 0 Å². The highest BCUT2D eigenvalue weighted by Gasteiger charge is 2.45. The van der Waals surface area contributed by atoms with Gasteiger partial charge in [-0.25, -0.2) is 19.0 Å². The quantitative estimate of drug-likeness (QED) is 0.336. The van der Waals surface area contributed by atoms with Crippen LogP contribution in [0.5, 0.6) is 0 Å². The van der Waals surface area contributed by atoms with Crippen molar-refractivity contribution in [3.05, 3.63) is 57.1 Å². The minimum atomic E-state index is -1.94. The lowest BCUT2D eigenvalue weighted by atomic mass is 9.86. The maximum atomic E-state index is 14.9. The lowest BCUT2D eigenvalue weighted by molar-refractivity contribution is -0.172. The minimum Gasteiger partial charge on any atom is -0.458 e. The van der Waals surface area contributed by atoms with Crippen molar-refractivity contribution >= 4 is 34.6 Å². The molecule has 0 radical (unpaired) electrons. The van der Waals surface area contributed by atoms with Gasteiger partial charge in [0.25, 0.3) is 5.56 Å². The maximum Gasteiger partial charge on any atom is 0.408 e. The standard InChI is InChI=1S/C27H27FN4O7/c1-5-27(37)16-8-20-22-14(11-32(20)23(34)15(16)12-38-24(27)35)6-13-7-19(17(28)9-18(13)31-22)30-21(33)10-29-25(36)39-26(2,3)4/h6-9,37H,5,10-12H2,1-4H3,(H,29,36)(H,30,33)/t27-/m0/s1. The number of esters is 1. The molecule has 204 valence electrons. The van der Waals surface area contributed by atoms with Gasteiger partial charge < -0.3 is 29.8 Å². The zero-order valence-corrected chi connectivity index (χ0v) is 21.8. The van der Waals surface area contributed by atoms with Gasteiger partial charge in [0.1, 0.15) is 24.6 Å². The van der Waals surface area contributed by atoms with E-state index in [2.05, 4.69) is 15.6 Å². The van der Waals surface area contributed by atoms with Crippen molar-refractivity contribution in [2.24, 2.45) is 0 Å². The number of amides is 2. The van der Waals surface area contributed by atoms with Crippen LogP contribution >= 0.6 is 0 Å². The van der Waals surface area contributed by atoms with Gasteiger partial charge in [-0.1, -0.05) is 6.92 Å². The minimum absolute atomic E-state index is 0.0206. The Morgan fingerprint density at radius 2 is 1.97 bits per heavy atom. The number of carbonyl (C=O) groups excluding carboxylic acids is 3. The fourth-order valence-electron chi connectivity index (χ4n) is 4.76.